The fraction of sp³-hybridized carbons (Fsp3) is 0.167. The van der Waals surface area contributed by atoms with Crippen molar-refractivity contribution in [2.75, 3.05) is 0 Å². The molecule has 0 amide bonds. The fourth-order valence-corrected chi connectivity index (χ4v) is 3.47. The van der Waals surface area contributed by atoms with Gasteiger partial charge in [0.1, 0.15) is 5.69 Å². The van der Waals surface area contributed by atoms with Crippen LogP contribution >= 0.6 is 0 Å². The third-order valence-electron chi connectivity index (χ3n) is 4.27. The molecule has 0 fully saturated rings. The predicted molar refractivity (Wildman–Crippen MR) is 92.6 cm³/mol. The lowest BCUT2D eigenvalue weighted by Gasteiger charge is -2.19. The van der Waals surface area contributed by atoms with Crippen LogP contribution in [0.2, 0.25) is 0 Å². The third-order valence-corrected chi connectivity index (χ3v) is 5.20. The standard InChI is InChI=1S/C18H12F6N2O2S/c19-17(20,21)14-7-6-13(10-1-4-12(5-2-10)29(25,27)28)16(14)11-3-8-15(26-9-11)18(22,23)24/h1-9,14H,(H2,25,27,28). The van der Waals surface area contributed by atoms with Crippen molar-refractivity contribution >= 4 is 21.2 Å². The molecule has 1 aromatic heterocycles. The largest absolute Gasteiger partial charge is 0.433 e. The molecule has 3 rings (SSSR count). The predicted octanol–water partition coefficient (Wildman–Crippen LogP) is 4.41. The van der Waals surface area contributed by atoms with Crippen LogP contribution in [0.15, 0.2) is 59.6 Å². The quantitative estimate of drug-likeness (QED) is 0.728. The van der Waals surface area contributed by atoms with Crippen LogP contribution < -0.4 is 5.14 Å². The molecule has 2 aromatic rings. The van der Waals surface area contributed by atoms with Crippen molar-refractivity contribution in [2.45, 2.75) is 17.2 Å². The highest BCUT2D eigenvalue weighted by Gasteiger charge is 2.44. The normalized spacial score (nSPS) is 17.8. The van der Waals surface area contributed by atoms with Crippen LogP contribution in [0.4, 0.5) is 26.3 Å². The smallest absolute Gasteiger partial charge is 0.251 e. The van der Waals surface area contributed by atoms with E-state index in [1.807, 2.05) is 0 Å². The number of pyridine rings is 1. The van der Waals surface area contributed by atoms with Crippen molar-refractivity contribution < 1.29 is 34.8 Å². The Balaban J connectivity index is 2.13. The summed E-state index contributed by atoms with van der Waals surface area (Å²) >= 11 is 0. The van der Waals surface area contributed by atoms with Gasteiger partial charge in [0.15, 0.2) is 0 Å². The Bertz CT molecular complexity index is 1080. The molecule has 1 aliphatic carbocycles. The third kappa shape index (κ3) is 4.35. The molecule has 1 aromatic carbocycles. The Hall–Kier alpha value is -2.66. The Labute approximate surface area is 161 Å². The Kier molecular flexibility index (Phi) is 5.08. The molecule has 1 aliphatic rings. The fourth-order valence-electron chi connectivity index (χ4n) is 2.95. The molecule has 0 spiro atoms. The van der Waals surface area contributed by atoms with Gasteiger partial charge in [-0.15, -0.1) is 0 Å². The topological polar surface area (TPSA) is 73.1 Å². The first-order valence-electron chi connectivity index (χ1n) is 7.94. The summed E-state index contributed by atoms with van der Waals surface area (Å²) in [6.07, 6.45) is -6.59. The van der Waals surface area contributed by atoms with Crippen LogP contribution in [0.5, 0.6) is 0 Å². The second kappa shape index (κ2) is 6.99. The zero-order valence-electron chi connectivity index (χ0n) is 14.3. The van der Waals surface area contributed by atoms with E-state index >= 15 is 0 Å². The van der Waals surface area contributed by atoms with Crippen molar-refractivity contribution in [1.29, 1.82) is 0 Å². The number of nitrogens with two attached hydrogens (primary N) is 1. The highest BCUT2D eigenvalue weighted by atomic mass is 32.2. The minimum Gasteiger partial charge on any atom is -0.251 e. The molecule has 1 heterocycles. The summed E-state index contributed by atoms with van der Waals surface area (Å²) < 4.78 is 101. The zero-order chi connectivity index (χ0) is 21.6. The Morgan fingerprint density at radius 1 is 0.897 bits per heavy atom. The number of benzene rings is 1. The van der Waals surface area contributed by atoms with Gasteiger partial charge < -0.3 is 0 Å². The van der Waals surface area contributed by atoms with Gasteiger partial charge in [-0.05, 0) is 40.5 Å². The molecule has 154 valence electrons. The number of primary sulfonamides is 1. The molecule has 4 nitrogen and oxygen atoms in total. The van der Waals surface area contributed by atoms with Gasteiger partial charge in [0.25, 0.3) is 0 Å². The second-order valence-electron chi connectivity index (χ2n) is 6.21. The Morgan fingerprint density at radius 3 is 1.93 bits per heavy atom. The molecule has 2 N–H and O–H groups in total. The maximum absolute atomic E-state index is 13.5. The van der Waals surface area contributed by atoms with Crippen molar-refractivity contribution in [3.05, 3.63) is 71.6 Å². The van der Waals surface area contributed by atoms with Gasteiger partial charge in [-0.1, -0.05) is 30.4 Å². The number of allylic oxidation sites excluding steroid dienone is 4. The maximum Gasteiger partial charge on any atom is 0.433 e. The van der Waals surface area contributed by atoms with E-state index in [1.165, 1.54) is 18.2 Å². The van der Waals surface area contributed by atoms with Gasteiger partial charge in [0.2, 0.25) is 10.0 Å². The van der Waals surface area contributed by atoms with Gasteiger partial charge in [-0.2, -0.15) is 26.3 Å². The van der Waals surface area contributed by atoms with Crippen LogP contribution in [-0.4, -0.2) is 19.6 Å². The van der Waals surface area contributed by atoms with Crippen LogP contribution in [0.25, 0.3) is 11.1 Å². The van der Waals surface area contributed by atoms with Gasteiger partial charge in [-0.25, -0.2) is 13.6 Å². The highest BCUT2D eigenvalue weighted by molar-refractivity contribution is 7.89. The van der Waals surface area contributed by atoms with E-state index in [0.717, 1.165) is 30.5 Å². The first-order valence-corrected chi connectivity index (χ1v) is 9.49. The first-order chi connectivity index (χ1) is 13.3. The molecule has 0 saturated heterocycles. The minimum absolute atomic E-state index is 0.0925. The molecule has 0 radical (unpaired) electrons. The van der Waals surface area contributed by atoms with E-state index < -0.39 is 34.0 Å². The van der Waals surface area contributed by atoms with E-state index in [0.29, 0.717) is 6.07 Å². The van der Waals surface area contributed by atoms with Gasteiger partial charge in [0, 0.05) is 6.20 Å². The summed E-state index contributed by atoms with van der Waals surface area (Å²) in [5.41, 5.74) is -1.29. The second-order valence-corrected chi connectivity index (χ2v) is 7.77. The first kappa shape index (κ1) is 21.1. The van der Waals surface area contributed by atoms with Crippen LogP contribution in [0, 0.1) is 5.92 Å². The van der Waals surface area contributed by atoms with Crippen molar-refractivity contribution in [3.63, 3.8) is 0 Å². The number of nitrogens with zero attached hydrogens (tertiary/aromatic N) is 1. The number of aromatic nitrogens is 1. The number of rotatable bonds is 3. The summed E-state index contributed by atoms with van der Waals surface area (Å²) in [4.78, 5) is 3.01. The molecule has 11 heteroatoms. The maximum atomic E-state index is 13.5. The van der Waals surface area contributed by atoms with Crippen molar-refractivity contribution in [1.82, 2.24) is 4.98 Å². The van der Waals surface area contributed by atoms with Gasteiger partial charge >= 0.3 is 12.4 Å². The molecule has 1 unspecified atom stereocenters. The number of hydrogen-bond donors (Lipinski definition) is 1. The average molecular weight is 434 g/mol. The van der Waals surface area contributed by atoms with E-state index in [-0.39, 0.29) is 27.2 Å². The SMILES string of the molecule is NS(=O)(=O)c1ccc(C2=C(c3ccc(C(F)(F)F)nc3)C(C(F)(F)F)C=C2)cc1. The Morgan fingerprint density at radius 2 is 1.48 bits per heavy atom. The summed E-state index contributed by atoms with van der Waals surface area (Å²) in [7, 11) is -3.99. The molecule has 0 aliphatic heterocycles. The van der Waals surface area contributed by atoms with Gasteiger partial charge in [0.05, 0.1) is 10.8 Å². The molecular weight excluding hydrogens is 422 g/mol. The van der Waals surface area contributed by atoms with E-state index in [9.17, 15) is 34.8 Å². The van der Waals surface area contributed by atoms with E-state index in [1.54, 1.807) is 0 Å². The monoisotopic (exact) mass is 434 g/mol. The van der Waals surface area contributed by atoms with Crippen LogP contribution in [0.1, 0.15) is 16.8 Å². The minimum atomic E-state index is -4.73. The van der Waals surface area contributed by atoms with Crippen molar-refractivity contribution in [2.24, 2.45) is 11.1 Å². The molecule has 0 saturated carbocycles. The van der Waals surface area contributed by atoms with E-state index in [4.69, 9.17) is 5.14 Å². The van der Waals surface area contributed by atoms with Crippen molar-refractivity contribution in [3.8, 4) is 0 Å². The summed E-state index contributed by atoms with van der Waals surface area (Å²) in [6, 6.07) is 6.35. The number of hydrogen-bond acceptors (Lipinski definition) is 3. The summed E-state index contributed by atoms with van der Waals surface area (Å²) in [5.74, 6) is -2.05. The lowest BCUT2D eigenvalue weighted by molar-refractivity contribution is -0.146. The van der Waals surface area contributed by atoms with Crippen LogP contribution in [-0.2, 0) is 16.2 Å². The zero-order valence-corrected chi connectivity index (χ0v) is 15.1. The number of halogens is 6. The average Bonchev–Trinajstić information content (AvgIpc) is 3.06. The highest BCUT2D eigenvalue weighted by Crippen LogP contribution is 2.46. The lowest BCUT2D eigenvalue weighted by atomic mass is 9.91. The molecule has 0 bridgehead atoms. The molecular formula is C18H12F6N2O2S. The lowest BCUT2D eigenvalue weighted by Crippen LogP contribution is -2.21. The number of sulfonamides is 1. The summed E-state index contributed by atoms with van der Waals surface area (Å²) in [6.45, 7) is 0. The van der Waals surface area contributed by atoms with Gasteiger partial charge in [-0.3, -0.25) is 4.98 Å². The summed E-state index contributed by atoms with van der Waals surface area (Å²) in [5, 5.41) is 5.00. The van der Waals surface area contributed by atoms with Crippen LogP contribution in [0.3, 0.4) is 0 Å². The number of alkyl halides is 6. The van der Waals surface area contributed by atoms with E-state index in [2.05, 4.69) is 4.98 Å². The molecule has 1 atom stereocenters. The molecule has 29 heavy (non-hydrogen) atoms.